The topological polar surface area (TPSA) is 52.0 Å². The van der Waals surface area contributed by atoms with Gasteiger partial charge in [0.1, 0.15) is 0 Å². The normalized spacial score (nSPS) is 10.2. The van der Waals surface area contributed by atoms with Crippen molar-refractivity contribution < 1.29 is 4.74 Å². The fourth-order valence-corrected chi connectivity index (χ4v) is 1.61. The number of aromatic nitrogens is 3. The van der Waals surface area contributed by atoms with Crippen LogP contribution in [0.3, 0.4) is 0 Å². The Morgan fingerprint density at radius 1 is 1.47 bits per heavy atom. The van der Waals surface area contributed by atoms with Gasteiger partial charge >= 0.3 is 0 Å². The molecule has 1 N–H and O–H groups in total. The van der Waals surface area contributed by atoms with Crippen molar-refractivity contribution in [2.75, 3.05) is 11.3 Å². The van der Waals surface area contributed by atoms with E-state index in [1.54, 1.807) is 10.9 Å². The monoisotopic (exact) mass is 250 g/mol. The second-order valence-corrected chi connectivity index (χ2v) is 3.63. The molecule has 0 aliphatic rings. The molecule has 2 rings (SSSR count). The first-order chi connectivity index (χ1) is 8.33. The maximum atomic E-state index is 5.46. The van der Waals surface area contributed by atoms with Gasteiger partial charge < -0.3 is 9.46 Å². The van der Waals surface area contributed by atoms with Gasteiger partial charge in [-0.2, -0.15) is 5.10 Å². The SMILES string of the molecule is CCOc1ncccc1Cn1ccc(NS)n1. The third-order valence-corrected chi connectivity index (χ3v) is 2.45. The van der Waals surface area contributed by atoms with Crippen molar-refractivity contribution in [3.63, 3.8) is 0 Å². The number of hydrogen-bond acceptors (Lipinski definition) is 5. The number of ether oxygens (including phenoxy) is 1. The van der Waals surface area contributed by atoms with Gasteiger partial charge in [-0.15, -0.1) is 0 Å². The Hall–Kier alpha value is -1.69. The maximum absolute atomic E-state index is 5.46. The van der Waals surface area contributed by atoms with Gasteiger partial charge in [0.2, 0.25) is 5.88 Å². The van der Waals surface area contributed by atoms with Gasteiger partial charge in [-0.05, 0) is 13.0 Å². The lowest BCUT2D eigenvalue weighted by atomic mass is 10.3. The van der Waals surface area contributed by atoms with Crippen molar-refractivity contribution in [1.82, 2.24) is 14.8 Å². The fourth-order valence-electron chi connectivity index (χ4n) is 1.50. The molecule has 0 spiro atoms. The minimum Gasteiger partial charge on any atom is -0.478 e. The first-order valence-electron chi connectivity index (χ1n) is 5.33. The zero-order chi connectivity index (χ0) is 12.1. The lowest BCUT2D eigenvalue weighted by molar-refractivity contribution is 0.321. The predicted octanol–water partition coefficient (Wildman–Crippen LogP) is 1.98. The summed E-state index contributed by atoms with van der Waals surface area (Å²) >= 11 is 3.94. The summed E-state index contributed by atoms with van der Waals surface area (Å²) in [4.78, 5) is 4.20. The molecule has 90 valence electrons. The molecule has 5 nitrogen and oxygen atoms in total. The van der Waals surface area contributed by atoms with E-state index in [0.29, 0.717) is 19.0 Å². The molecule has 0 bridgehead atoms. The smallest absolute Gasteiger partial charge is 0.218 e. The van der Waals surface area contributed by atoms with E-state index >= 15 is 0 Å². The summed E-state index contributed by atoms with van der Waals surface area (Å²) in [5.41, 5.74) is 1.00. The van der Waals surface area contributed by atoms with E-state index in [9.17, 15) is 0 Å². The molecule has 0 fully saturated rings. The van der Waals surface area contributed by atoms with Crippen LogP contribution in [0.15, 0.2) is 30.6 Å². The Balaban J connectivity index is 2.17. The highest BCUT2D eigenvalue weighted by Crippen LogP contribution is 2.16. The standard InChI is InChI=1S/C11H14N4OS/c1-2-16-11-9(4-3-6-12-11)8-15-7-5-10(13-15)14-17/h3-7,17H,2,8H2,1H3,(H,13,14). The van der Waals surface area contributed by atoms with Gasteiger partial charge in [0.05, 0.1) is 13.2 Å². The molecule has 0 atom stereocenters. The Labute approximate surface area is 105 Å². The summed E-state index contributed by atoms with van der Waals surface area (Å²) in [5.74, 6) is 1.38. The van der Waals surface area contributed by atoms with Gasteiger partial charge in [0.25, 0.3) is 0 Å². The van der Waals surface area contributed by atoms with Gasteiger partial charge in [0, 0.05) is 24.0 Å². The van der Waals surface area contributed by atoms with E-state index in [2.05, 4.69) is 27.6 Å². The molecule has 0 saturated heterocycles. The Morgan fingerprint density at radius 3 is 3.06 bits per heavy atom. The lowest BCUT2D eigenvalue weighted by Gasteiger charge is -2.08. The van der Waals surface area contributed by atoms with E-state index < -0.39 is 0 Å². The highest BCUT2D eigenvalue weighted by Gasteiger charge is 2.05. The minimum atomic E-state index is 0.604. The molecular formula is C11H14N4OS. The largest absolute Gasteiger partial charge is 0.478 e. The van der Waals surface area contributed by atoms with E-state index in [4.69, 9.17) is 4.74 Å². The average Bonchev–Trinajstić information content (AvgIpc) is 2.80. The second-order valence-electron chi connectivity index (χ2n) is 3.41. The second kappa shape index (κ2) is 5.58. The molecule has 17 heavy (non-hydrogen) atoms. The molecule has 0 aliphatic heterocycles. The van der Waals surface area contributed by atoms with Crippen molar-refractivity contribution in [1.29, 1.82) is 0 Å². The summed E-state index contributed by atoms with van der Waals surface area (Å²) < 4.78 is 9.95. The first-order valence-corrected chi connectivity index (χ1v) is 5.78. The number of thiol groups is 1. The Morgan fingerprint density at radius 2 is 2.35 bits per heavy atom. The number of nitrogens with zero attached hydrogens (tertiary/aromatic N) is 3. The van der Waals surface area contributed by atoms with Crippen molar-refractivity contribution in [3.8, 4) is 5.88 Å². The summed E-state index contributed by atoms with van der Waals surface area (Å²) in [6.45, 7) is 3.17. The molecule has 2 heterocycles. The number of pyridine rings is 1. The summed E-state index contributed by atoms with van der Waals surface area (Å²) in [5, 5.41) is 4.27. The first kappa shape index (κ1) is 11.8. The quantitative estimate of drug-likeness (QED) is 0.797. The third kappa shape index (κ3) is 2.91. The van der Waals surface area contributed by atoms with Crippen molar-refractivity contribution in [3.05, 3.63) is 36.2 Å². The highest BCUT2D eigenvalue weighted by atomic mass is 32.1. The summed E-state index contributed by atoms with van der Waals surface area (Å²) in [6.07, 6.45) is 3.60. The molecule has 6 heteroatoms. The van der Waals surface area contributed by atoms with Gasteiger partial charge in [-0.3, -0.25) is 4.68 Å². The molecule has 0 radical (unpaired) electrons. The zero-order valence-electron chi connectivity index (χ0n) is 9.50. The molecule has 2 aromatic rings. The molecule has 2 aromatic heterocycles. The van der Waals surface area contributed by atoms with E-state index in [1.807, 2.05) is 31.3 Å². The van der Waals surface area contributed by atoms with Gasteiger partial charge in [0.15, 0.2) is 5.82 Å². The van der Waals surface area contributed by atoms with Gasteiger partial charge in [-0.1, -0.05) is 18.9 Å². The molecule has 0 unspecified atom stereocenters. The number of hydrogen-bond donors (Lipinski definition) is 2. The van der Waals surface area contributed by atoms with Gasteiger partial charge in [-0.25, -0.2) is 4.98 Å². The molecule has 0 amide bonds. The number of nitrogens with one attached hydrogen (secondary N) is 1. The van der Waals surface area contributed by atoms with Crippen LogP contribution in [0.2, 0.25) is 0 Å². The van der Waals surface area contributed by atoms with Crippen LogP contribution in [0, 0.1) is 0 Å². The van der Waals surface area contributed by atoms with Crippen LogP contribution < -0.4 is 9.46 Å². The van der Waals surface area contributed by atoms with Crippen LogP contribution in [0.4, 0.5) is 5.82 Å². The van der Waals surface area contributed by atoms with Crippen LogP contribution in [0.5, 0.6) is 5.88 Å². The Bertz CT molecular complexity index is 486. The molecular weight excluding hydrogens is 236 g/mol. The predicted molar refractivity (Wildman–Crippen MR) is 69.3 cm³/mol. The number of anilines is 1. The molecule has 0 aliphatic carbocycles. The minimum absolute atomic E-state index is 0.604. The third-order valence-electron chi connectivity index (χ3n) is 2.22. The fraction of sp³-hybridized carbons (Fsp3) is 0.273. The van der Waals surface area contributed by atoms with E-state index in [0.717, 1.165) is 11.4 Å². The number of rotatable bonds is 5. The maximum Gasteiger partial charge on any atom is 0.218 e. The van der Waals surface area contributed by atoms with Crippen molar-refractivity contribution >= 4 is 18.6 Å². The Kier molecular flexibility index (Phi) is 3.87. The lowest BCUT2D eigenvalue weighted by Crippen LogP contribution is -2.05. The van der Waals surface area contributed by atoms with Crippen LogP contribution in [-0.2, 0) is 6.54 Å². The van der Waals surface area contributed by atoms with E-state index in [1.165, 1.54) is 0 Å². The van der Waals surface area contributed by atoms with Crippen LogP contribution >= 0.6 is 12.8 Å². The molecule has 0 aromatic carbocycles. The van der Waals surface area contributed by atoms with Crippen molar-refractivity contribution in [2.45, 2.75) is 13.5 Å². The van der Waals surface area contributed by atoms with Crippen molar-refractivity contribution in [2.24, 2.45) is 0 Å². The van der Waals surface area contributed by atoms with Crippen LogP contribution in [0.25, 0.3) is 0 Å². The average molecular weight is 250 g/mol. The molecule has 0 saturated carbocycles. The van der Waals surface area contributed by atoms with Crippen LogP contribution in [0.1, 0.15) is 12.5 Å². The highest BCUT2D eigenvalue weighted by molar-refractivity contribution is 7.81. The summed E-state index contributed by atoms with van der Waals surface area (Å²) in [6, 6.07) is 5.72. The van der Waals surface area contributed by atoms with E-state index in [-0.39, 0.29) is 0 Å². The summed E-state index contributed by atoms with van der Waals surface area (Å²) in [7, 11) is 0. The zero-order valence-corrected chi connectivity index (χ0v) is 10.4. The van der Waals surface area contributed by atoms with Crippen LogP contribution in [-0.4, -0.2) is 21.4 Å².